The van der Waals surface area contributed by atoms with Gasteiger partial charge in [-0.1, -0.05) is 41.1 Å². The van der Waals surface area contributed by atoms with E-state index in [4.69, 9.17) is 16.3 Å². The summed E-state index contributed by atoms with van der Waals surface area (Å²) in [5.74, 6) is -1.05. The minimum Gasteiger partial charge on any atom is -0.463 e. The third-order valence-corrected chi connectivity index (χ3v) is 7.28. The van der Waals surface area contributed by atoms with Gasteiger partial charge >= 0.3 is 5.97 Å². The fourth-order valence-electron chi connectivity index (χ4n) is 3.67. The number of carbonyl (C=O) groups is 1. The molecule has 0 aliphatic carbocycles. The summed E-state index contributed by atoms with van der Waals surface area (Å²) in [6.07, 6.45) is 3.40. The number of nitrogens with zero attached hydrogens (tertiary/aromatic N) is 2. The van der Waals surface area contributed by atoms with Gasteiger partial charge in [-0.25, -0.2) is 14.2 Å². The molecule has 5 nitrogen and oxygen atoms in total. The molecule has 2 aromatic carbocycles. The number of benzene rings is 2. The van der Waals surface area contributed by atoms with E-state index in [-0.39, 0.29) is 27.3 Å². The van der Waals surface area contributed by atoms with Crippen molar-refractivity contribution in [2.45, 2.75) is 24.8 Å². The number of ether oxygens (including phenoxy) is 1. The molecule has 1 aliphatic heterocycles. The summed E-state index contributed by atoms with van der Waals surface area (Å²) in [5, 5.41) is 0.202. The molecular formula is C24H20ClFN2O3S2. The first kappa shape index (κ1) is 23.5. The summed E-state index contributed by atoms with van der Waals surface area (Å²) in [4.78, 5) is 32.4. The Labute approximate surface area is 202 Å². The molecule has 0 radical (unpaired) electrons. The number of halogens is 2. The van der Waals surface area contributed by atoms with Gasteiger partial charge in [-0.05, 0) is 56.0 Å². The van der Waals surface area contributed by atoms with Gasteiger partial charge in [0.25, 0.3) is 5.56 Å². The van der Waals surface area contributed by atoms with Crippen molar-refractivity contribution in [1.82, 2.24) is 4.57 Å². The minimum atomic E-state index is -0.713. The second-order valence-electron chi connectivity index (χ2n) is 7.21. The third-order valence-electron chi connectivity index (χ3n) is 5.22. The SMILES string of the molecule is CCOC(=O)C1=C(C)N=c2s/c(=C\c3c(F)cccc3Cl)c(=O)n2[C@H]1c1ccc(SC)cc1. The number of rotatable bonds is 5. The van der Waals surface area contributed by atoms with Gasteiger partial charge in [0.1, 0.15) is 5.82 Å². The van der Waals surface area contributed by atoms with E-state index < -0.39 is 17.8 Å². The molecule has 0 saturated carbocycles. The van der Waals surface area contributed by atoms with Crippen LogP contribution in [0.5, 0.6) is 0 Å². The lowest BCUT2D eigenvalue weighted by atomic mass is 9.96. The van der Waals surface area contributed by atoms with Crippen LogP contribution in [0.2, 0.25) is 5.02 Å². The van der Waals surface area contributed by atoms with Crippen LogP contribution in [-0.4, -0.2) is 23.4 Å². The topological polar surface area (TPSA) is 60.7 Å². The quantitative estimate of drug-likeness (QED) is 0.385. The number of thiazole rings is 1. The maximum atomic E-state index is 14.4. The second-order valence-corrected chi connectivity index (χ2v) is 9.51. The highest BCUT2D eigenvalue weighted by atomic mass is 35.5. The molecule has 1 aliphatic rings. The predicted molar refractivity (Wildman–Crippen MR) is 130 cm³/mol. The molecular weight excluding hydrogens is 483 g/mol. The highest BCUT2D eigenvalue weighted by Gasteiger charge is 2.33. The van der Waals surface area contributed by atoms with Crippen molar-refractivity contribution in [1.29, 1.82) is 0 Å². The van der Waals surface area contributed by atoms with Crippen molar-refractivity contribution < 1.29 is 13.9 Å². The highest BCUT2D eigenvalue weighted by molar-refractivity contribution is 7.98. The van der Waals surface area contributed by atoms with Gasteiger partial charge in [0, 0.05) is 10.5 Å². The third kappa shape index (κ3) is 4.43. The number of aromatic nitrogens is 1. The highest BCUT2D eigenvalue weighted by Crippen LogP contribution is 2.31. The van der Waals surface area contributed by atoms with E-state index in [0.717, 1.165) is 21.8 Å². The van der Waals surface area contributed by atoms with Crippen LogP contribution >= 0.6 is 34.7 Å². The van der Waals surface area contributed by atoms with Crippen LogP contribution in [0.25, 0.3) is 6.08 Å². The monoisotopic (exact) mass is 502 g/mol. The zero-order chi connectivity index (χ0) is 23.7. The van der Waals surface area contributed by atoms with Gasteiger partial charge in [0.2, 0.25) is 0 Å². The van der Waals surface area contributed by atoms with Crippen LogP contribution in [0, 0.1) is 5.82 Å². The van der Waals surface area contributed by atoms with Crippen molar-refractivity contribution in [2.24, 2.45) is 4.99 Å². The Morgan fingerprint density at radius 3 is 2.67 bits per heavy atom. The summed E-state index contributed by atoms with van der Waals surface area (Å²) in [7, 11) is 0. The molecule has 33 heavy (non-hydrogen) atoms. The molecule has 2 heterocycles. The zero-order valence-electron chi connectivity index (χ0n) is 18.1. The molecule has 4 rings (SSSR count). The molecule has 1 atom stereocenters. The Kier molecular flexibility index (Phi) is 6.88. The fraction of sp³-hybridized carbons (Fsp3) is 0.208. The molecule has 0 amide bonds. The number of allylic oxidation sites excluding steroid dienone is 1. The van der Waals surface area contributed by atoms with Crippen molar-refractivity contribution in [3.05, 3.63) is 95.4 Å². The largest absolute Gasteiger partial charge is 0.463 e. The number of fused-ring (bicyclic) bond motifs is 1. The van der Waals surface area contributed by atoms with Crippen LogP contribution in [0.4, 0.5) is 4.39 Å². The van der Waals surface area contributed by atoms with E-state index in [2.05, 4.69) is 4.99 Å². The molecule has 0 bridgehead atoms. The maximum Gasteiger partial charge on any atom is 0.338 e. The van der Waals surface area contributed by atoms with Crippen LogP contribution < -0.4 is 14.9 Å². The Balaban J connectivity index is 1.97. The summed E-state index contributed by atoms with van der Waals surface area (Å²) in [5.41, 5.74) is 1.28. The number of hydrogen-bond acceptors (Lipinski definition) is 6. The number of carbonyl (C=O) groups excluding carboxylic acids is 1. The van der Waals surface area contributed by atoms with Gasteiger partial charge < -0.3 is 4.74 Å². The van der Waals surface area contributed by atoms with E-state index in [0.29, 0.717) is 16.1 Å². The normalized spacial score (nSPS) is 15.9. The summed E-state index contributed by atoms with van der Waals surface area (Å²) in [6.45, 7) is 3.65. The standard InChI is InChI=1S/C24H20ClFN2O3S2/c1-4-31-23(30)20-13(2)27-24-28(21(20)14-8-10-15(32-3)11-9-14)22(29)19(33-24)12-16-17(25)6-5-7-18(16)26/h5-12,21H,4H2,1-3H3/b19-12-/t21-/m0/s1. The van der Waals surface area contributed by atoms with Crippen LogP contribution in [0.1, 0.15) is 31.0 Å². The summed E-state index contributed by atoms with van der Waals surface area (Å²) >= 11 is 8.88. The second kappa shape index (κ2) is 9.67. The Bertz CT molecular complexity index is 1420. The van der Waals surface area contributed by atoms with E-state index >= 15 is 0 Å². The van der Waals surface area contributed by atoms with Crippen molar-refractivity contribution in [3.8, 4) is 0 Å². The van der Waals surface area contributed by atoms with Crippen LogP contribution in [0.15, 0.2) is 68.4 Å². The molecule has 0 spiro atoms. The lowest BCUT2D eigenvalue weighted by Crippen LogP contribution is -2.39. The molecule has 1 aromatic heterocycles. The molecule has 0 fully saturated rings. The lowest BCUT2D eigenvalue weighted by Gasteiger charge is -2.24. The van der Waals surface area contributed by atoms with Gasteiger partial charge in [0.05, 0.1) is 33.5 Å². The van der Waals surface area contributed by atoms with Gasteiger partial charge in [-0.3, -0.25) is 9.36 Å². The average molecular weight is 503 g/mol. The van der Waals surface area contributed by atoms with Crippen molar-refractivity contribution in [2.75, 3.05) is 12.9 Å². The van der Waals surface area contributed by atoms with Crippen molar-refractivity contribution >= 4 is 46.7 Å². The van der Waals surface area contributed by atoms with E-state index in [1.807, 2.05) is 30.5 Å². The van der Waals surface area contributed by atoms with Gasteiger partial charge in [-0.15, -0.1) is 11.8 Å². The van der Waals surface area contributed by atoms with E-state index in [1.165, 1.54) is 22.8 Å². The Morgan fingerprint density at radius 2 is 2.03 bits per heavy atom. The first-order valence-electron chi connectivity index (χ1n) is 10.1. The lowest BCUT2D eigenvalue weighted by molar-refractivity contribution is -0.139. The maximum absolute atomic E-state index is 14.4. The fourth-order valence-corrected chi connectivity index (χ4v) is 5.33. The minimum absolute atomic E-state index is 0.131. The predicted octanol–water partition coefficient (Wildman–Crippen LogP) is 4.31. The average Bonchev–Trinajstić information content (AvgIpc) is 3.10. The van der Waals surface area contributed by atoms with Gasteiger partial charge in [-0.2, -0.15) is 0 Å². The molecule has 170 valence electrons. The van der Waals surface area contributed by atoms with E-state index in [9.17, 15) is 14.0 Å². The molecule has 0 unspecified atom stereocenters. The molecule has 3 aromatic rings. The molecule has 0 N–H and O–H groups in total. The smallest absolute Gasteiger partial charge is 0.338 e. The Morgan fingerprint density at radius 1 is 1.30 bits per heavy atom. The molecule has 9 heteroatoms. The summed E-state index contributed by atoms with van der Waals surface area (Å²) in [6, 6.07) is 11.3. The summed E-state index contributed by atoms with van der Waals surface area (Å²) < 4.78 is 21.4. The first-order chi connectivity index (χ1) is 15.8. The first-order valence-corrected chi connectivity index (χ1v) is 12.5. The van der Waals surface area contributed by atoms with Crippen LogP contribution in [0.3, 0.4) is 0 Å². The van der Waals surface area contributed by atoms with E-state index in [1.54, 1.807) is 31.7 Å². The number of esters is 1. The number of hydrogen-bond donors (Lipinski definition) is 0. The zero-order valence-corrected chi connectivity index (χ0v) is 20.5. The number of thioether (sulfide) groups is 1. The Hall–Kier alpha value is -2.68. The van der Waals surface area contributed by atoms with Gasteiger partial charge in [0.15, 0.2) is 4.80 Å². The molecule has 0 saturated heterocycles. The van der Waals surface area contributed by atoms with Crippen molar-refractivity contribution in [3.63, 3.8) is 0 Å². The van der Waals surface area contributed by atoms with Crippen LogP contribution in [-0.2, 0) is 9.53 Å².